The van der Waals surface area contributed by atoms with Crippen molar-refractivity contribution in [3.8, 4) is 17.0 Å². The number of carbonyl (C=O) groups excluding carboxylic acids is 1. The Morgan fingerprint density at radius 1 is 0.878 bits per heavy atom. The smallest absolute Gasteiger partial charge is 0.359 e. The standard InChI is InChI=1S/C35H38FN3O2/c1-2-3-4-5-6-7-14-21-41-33-20-19-27(22-29(33)36)24-31-35(40)39-25-32(28-17-12-9-13-18-28)37-30(34(39)38-31)23-26-15-10-8-11-16-26/h8-13,15-20,22,25,31H,2-7,14,21,23-24H2,1H3/p+1. The van der Waals surface area contributed by atoms with E-state index in [9.17, 15) is 9.18 Å². The van der Waals surface area contributed by atoms with Crippen molar-refractivity contribution < 1.29 is 18.5 Å². The first-order chi connectivity index (χ1) is 20.1. The van der Waals surface area contributed by atoms with Gasteiger partial charge in [-0.1, -0.05) is 112 Å². The molecule has 0 saturated heterocycles. The van der Waals surface area contributed by atoms with E-state index in [4.69, 9.17) is 9.72 Å². The Morgan fingerprint density at radius 2 is 1.59 bits per heavy atom. The number of nitrogens with zero attached hydrogens (tertiary/aromatic N) is 2. The molecule has 1 atom stereocenters. The van der Waals surface area contributed by atoms with Gasteiger partial charge >= 0.3 is 11.7 Å². The number of rotatable bonds is 14. The number of halogens is 1. The van der Waals surface area contributed by atoms with E-state index in [2.05, 4.69) is 24.4 Å². The number of unbranched alkanes of at least 4 members (excludes halogenated alkanes) is 6. The van der Waals surface area contributed by atoms with Crippen molar-refractivity contribution in [2.45, 2.75) is 70.8 Å². The molecule has 0 aliphatic carbocycles. The molecule has 0 fully saturated rings. The monoisotopic (exact) mass is 552 g/mol. The molecule has 5 rings (SSSR count). The molecule has 1 aliphatic heterocycles. The fourth-order valence-electron chi connectivity index (χ4n) is 5.34. The van der Waals surface area contributed by atoms with Crippen LogP contribution in [-0.4, -0.2) is 23.5 Å². The summed E-state index contributed by atoms with van der Waals surface area (Å²) >= 11 is 0. The van der Waals surface area contributed by atoms with E-state index in [1.54, 1.807) is 16.8 Å². The van der Waals surface area contributed by atoms with Crippen LogP contribution in [0.3, 0.4) is 0 Å². The number of aromatic nitrogens is 2. The van der Waals surface area contributed by atoms with E-state index in [1.165, 1.54) is 38.2 Å². The van der Waals surface area contributed by atoms with E-state index in [1.807, 2.05) is 54.6 Å². The van der Waals surface area contributed by atoms with E-state index in [0.29, 0.717) is 25.3 Å². The number of fused-ring (bicyclic) bond motifs is 1. The summed E-state index contributed by atoms with van der Waals surface area (Å²) in [5, 5.41) is 3.40. The lowest BCUT2D eigenvalue weighted by atomic mass is 10.1. The molecule has 2 heterocycles. The topological polar surface area (TPSA) is 55.1 Å². The van der Waals surface area contributed by atoms with Gasteiger partial charge in [-0.2, -0.15) is 4.57 Å². The highest BCUT2D eigenvalue weighted by Crippen LogP contribution is 2.26. The van der Waals surface area contributed by atoms with Crippen LogP contribution in [0.2, 0.25) is 0 Å². The van der Waals surface area contributed by atoms with Crippen LogP contribution in [0, 0.1) is 5.82 Å². The predicted molar refractivity (Wildman–Crippen MR) is 161 cm³/mol. The second kappa shape index (κ2) is 14.0. The van der Waals surface area contributed by atoms with Crippen molar-refractivity contribution in [3.05, 3.63) is 108 Å². The second-order valence-corrected chi connectivity index (χ2v) is 10.8. The summed E-state index contributed by atoms with van der Waals surface area (Å²) in [7, 11) is 0. The number of carbonyl (C=O) groups is 1. The summed E-state index contributed by atoms with van der Waals surface area (Å²) in [6.07, 6.45) is 11.1. The van der Waals surface area contributed by atoms with Gasteiger partial charge in [0.25, 0.3) is 0 Å². The Labute approximate surface area is 242 Å². The zero-order chi connectivity index (χ0) is 28.4. The van der Waals surface area contributed by atoms with Crippen molar-refractivity contribution >= 4 is 11.7 Å². The van der Waals surface area contributed by atoms with Gasteiger partial charge in [0.1, 0.15) is 17.6 Å². The summed E-state index contributed by atoms with van der Waals surface area (Å²) in [6, 6.07) is 24.5. The SMILES string of the molecule is CCCCCCCCCOc1ccc(CC2Nc3c(Cc4ccccc4)nc(-c4ccccc4)c[n+]3C2=O)cc1F. The molecule has 4 aromatic rings. The molecule has 1 aliphatic rings. The molecular weight excluding hydrogens is 513 g/mol. The number of nitrogens with one attached hydrogen (secondary N) is 1. The Balaban J connectivity index is 1.26. The Bertz CT molecular complexity index is 1440. The number of anilines is 1. The van der Waals surface area contributed by atoms with Crippen LogP contribution < -0.4 is 14.6 Å². The van der Waals surface area contributed by atoms with Crippen LogP contribution in [0.15, 0.2) is 85.1 Å². The first kappa shape index (κ1) is 28.5. The number of hydrogen-bond donors (Lipinski definition) is 1. The highest BCUT2D eigenvalue weighted by Gasteiger charge is 2.41. The van der Waals surface area contributed by atoms with Crippen LogP contribution in [0.25, 0.3) is 11.3 Å². The fourth-order valence-corrected chi connectivity index (χ4v) is 5.34. The van der Waals surface area contributed by atoms with E-state index < -0.39 is 6.04 Å². The summed E-state index contributed by atoms with van der Waals surface area (Å²) in [5.74, 6) is 0.496. The third-order valence-corrected chi connectivity index (χ3v) is 7.59. The molecule has 1 unspecified atom stereocenters. The molecular formula is C35H39FN3O2+. The van der Waals surface area contributed by atoms with Crippen LogP contribution in [0.5, 0.6) is 5.75 Å². The van der Waals surface area contributed by atoms with Crippen LogP contribution in [-0.2, 0) is 12.8 Å². The zero-order valence-electron chi connectivity index (χ0n) is 23.8. The number of benzene rings is 3. The summed E-state index contributed by atoms with van der Waals surface area (Å²) in [5.41, 5.74) is 4.34. The van der Waals surface area contributed by atoms with Crippen LogP contribution >= 0.6 is 0 Å². The van der Waals surface area contributed by atoms with Gasteiger partial charge in [-0.25, -0.2) is 14.2 Å². The first-order valence-electron chi connectivity index (χ1n) is 14.9. The first-order valence-corrected chi connectivity index (χ1v) is 14.9. The molecule has 0 radical (unpaired) electrons. The molecule has 0 saturated carbocycles. The molecule has 6 heteroatoms. The fraction of sp³-hybridized carbons (Fsp3) is 0.343. The maximum Gasteiger partial charge on any atom is 0.359 e. The minimum Gasteiger partial charge on any atom is -0.491 e. The lowest BCUT2D eigenvalue weighted by molar-refractivity contribution is -0.552. The van der Waals surface area contributed by atoms with E-state index in [0.717, 1.165) is 40.9 Å². The molecule has 1 N–H and O–H groups in total. The van der Waals surface area contributed by atoms with Crippen LogP contribution in [0.1, 0.15) is 73.5 Å². The Morgan fingerprint density at radius 3 is 2.32 bits per heavy atom. The van der Waals surface area contributed by atoms with E-state index in [-0.39, 0.29) is 17.5 Å². The molecule has 212 valence electrons. The number of ether oxygens (including phenoxy) is 1. The minimum absolute atomic E-state index is 0.0754. The maximum absolute atomic E-state index is 14.9. The van der Waals surface area contributed by atoms with Gasteiger partial charge in [0, 0.05) is 18.4 Å². The Kier molecular flexibility index (Phi) is 9.74. The highest BCUT2D eigenvalue weighted by molar-refractivity contribution is 5.82. The summed E-state index contributed by atoms with van der Waals surface area (Å²) in [6.45, 7) is 2.73. The lowest BCUT2D eigenvalue weighted by Crippen LogP contribution is -2.44. The van der Waals surface area contributed by atoms with Gasteiger partial charge < -0.3 is 4.74 Å². The van der Waals surface area contributed by atoms with Crippen molar-refractivity contribution in [1.82, 2.24) is 4.98 Å². The van der Waals surface area contributed by atoms with Gasteiger partial charge in [-0.05, 0) is 29.7 Å². The Hall–Kier alpha value is -4.06. The largest absolute Gasteiger partial charge is 0.491 e. The molecule has 0 spiro atoms. The number of hydrogen-bond acceptors (Lipinski definition) is 4. The second-order valence-electron chi connectivity index (χ2n) is 10.8. The van der Waals surface area contributed by atoms with Crippen molar-refractivity contribution in [2.24, 2.45) is 0 Å². The minimum atomic E-state index is -0.517. The highest BCUT2D eigenvalue weighted by atomic mass is 19.1. The molecule has 0 bridgehead atoms. The third kappa shape index (κ3) is 7.37. The quantitative estimate of drug-likeness (QED) is 0.129. The summed E-state index contributed by atoms with van der Waals surface area (Å²) < 4.78 is 22.3. The van der Waals surface area contributed by atoms with Crippen molar-refractivity contribution in [3.63, 3.8) is 0 Å². The molecule has 3 aromatic carbocycles. The van der Waals surface area contributed by atoms with Crippen molar-refractivity contribution in [1.29, 1.82) is 0 Å². The van der Waals surface area contributed by atoms with Gasteiger partial charge in [-0.3, -0.25) is 5.32 Å². The predicted octanol–water partition coefficient (Wildman–Crippen LogP) is 7.57. The van der Waals surface area contributed by atoms with Gasteiger partial charge in [0.2, 0.25) is 0 Å². The normalized spacial score (nSPS) is 14.1. The zero-order valence-corrected chi connectivity index (χ0v) is 23.8. The van der Waals surface area contributed by atoms with Crippen LogP contribution in [0.4, 0.5) is 10.2 Å². The lowest BCUT2D eigenvalue weighted by Gasteiger charge is -2.10. The molecule has 5 nitrogen and oxygen atoms in total. The average molecular weight is 553 g/mol. The summed E-state index contributed by atoms with van der Waals surface area (Å²) in [4.78, 5) is 18.5. The maximum atomic E-state index is 14.9. The average Bonchev–Trinajstić information content (AvgIpc) is 3.31. The third-order valence-electron chi connectivity index (χ3n) is 7.59. The molecule has 0 amide bonds. The van der Waals surface area contributed by atoms with E-state index >= 15 is 0 Å². The molecule has 1 aromatic heterocycles. The van der Waals surface area contributed by atoms with Crippen molar-refractivity contribution in [2.75, 3.05) is 11.9 Å². The van der Waals surface area contributed by atoms with Gasteiger partial charge in [-0.15, -0.1) is 0 Å². The molecule has 41 heavy (non-hydrogen) atoms. The van der Waals surface area contributed by atoms with Gasteiger partial charge in [0.05, 0.1) is 6.61 Å². The van der Waals surface area contributed by atoms with Gasteiger partial charge in [0.15, 0.2) is 17.6 Å².